The van der Waals surface area contributed by atoms with E-state index >= 15 is 0 Å². The van der Waals surface area contributed by atoms with Gasteiger partial charge in [0.1, 0.15) is 0 Å². The van der Waals surface area contributed by atoms with E-state index in [0.29, 0.717) is 12.1 Å². The van der Waals surface area contributed by atoms with Gasteiger partial charge in [-0.25, -0.2) is 0 Å². The molecule has 0 spiro atoms. The Bertz CT molecular complexity index is 545. The van der Waals surface area contributed by atoms with Crippen molar-refractivity contribution >= 4 is 19.1 Å². The Hall–Kier alpha value is -1.69. The second-order valence-corrected chi connectivity index (χ2v) is 6.32. The third-order valence-electron chi connectivity index (χ3n) is 2.71. The third-order valence-corrected chi connectivity index (χ3v) is 4.83. The van der Waals surface area contributed by atoms with Crippen LogP contribution in [-0.4, -0.2) is 8.74 Å². The molecule has 0 saturated carbocycles. The highest BCUT2D eigenvalue weighted by Gasteiger charge is 2.41. The summed E-state index contributed by atoms with van der Waals surface area (Å²) in [5, 5.41) is -0.443. The summed E-state index contributed by atoms with van der Waals surface area (Å²) in [5.74, 6) is 0. The van der Waals surface area contributed by atoms with Gasteiger partial charge in [0.2, 0.25) is 0 Å². The topological polar surface area (TPSA) is 0 Å². The van der Waals surface area contributed by atoms with E-state index in [2.05, 4.69) is 0 Å². The minimum Gasteiger partial charge on any atom is -0.260 e. The molecule has 0 amide bonds. The van der Waals surface area contributed by atoms with Gasteiger partial charge in [-0.1, -0.05) is 42.5 Å². The van der Waals surface area contributed by atoms with E-state index in [0.717, 1.165) is 12.1 Å². The molecule has 0 bridgehead atoms. The zero-order valence-electron chi connectivity index (χ0n) is 9.59. The Morgan fingerprint density at radius 2 is 1.16 bits per heavy atom. The highest BCUT2D eigenvalue weighted by Crippen LogP contribution is 2.28. The number of alkyl halides is 3. The molecule has 2 aromatic rings. The van der Waals surface area contributed by atoms with Crippen molar-refractivity contribution in [2.45, 2.75) is 6.18 Å². The van der Waals surface area contributed by atoms with Crippen molar-refractivity contribution in [2.24, 2.45) is 0 Å². The van der Waals surface area contributed by atoms with Crippen LogP contribution in [0.4, 0.5) is 21.4 Å². The Balaban J connectivity index is 2.37. The maximum absolute atomic E-state index is 14.2. The Kier molecular flexibility index (Phi) is 3.45. The maximum atomic E-state index is 14.2. The summed E-state index contributed by atoms with van der Waals surface area (Å²) >= 11 is 0. The lowest BCUT2D eigenvalue weighted by Gasteiger charge is -2.14. The average molecular weight is 288 g/mol. The first-order valence-corrected chi connectivity index (χ1v) is 7.18. The molecule has 2 aromatic carbocycles. The molecule has 0 aliphatic rings. The predicted molar refractivity (Wildman–Crippen MR) is 65.1 cm³/mol. The fourth-order valence-electron chi connectivity index (χ4n) is 1.68. The molecule has 19 heavy (non-hydrogen) atoms. The first-order valence-electron chi connectivity index (χ1n) is 5.43. The van der Waals surface area contributed by atoms with Gasteiger partial charge in [0.15, 0.2) is 0 Å². The number of rotatable bonds is 2. The van der Waals surface area contributed by atoms with Gasteiger partial charge in [-0.3, -0.25) is 8.22 Å². The fourth-order valence-corrected chi connectivity index (χ4v) is 3.21. The van der Waals surface area contributed by atoms with Crippen molar-refractivity contribution in [1.29, 1.82) is 0 Å². The highest BCUT2D eigenvalue weighted by molar-refractivity contribution is 6.91. The summed E-state index contributed by atoms with van der Waals surface area (Å²) in [5.41, 5.74) is -0.922. The van der Waals surface area contributed by atoms with E-state index in [1.54, 1.807) is 6.07 Å². The molecule has 6 heteroatoms. The monoisotopic (exact) mass is 288 g/mol. The van der Waals surface area contributed by atoms with Gasteiger partial charge in [0.05, 0.1) is 5.56 Å². The number of benzene rings is 2. The summed E-state index contributed by atoms with van der Waals surface area (Å²) in [6.07, 6.45) is -4.51. The standard InChI is InChI=1S/C13H9F5Si/c14-13(15,16)10-6-8-12(9-7-10)19(17,18)11-4-2-1-3-5-11/h1-9H. The quantitative estimate of drug-likeness (QED) is 0.452. The summed E-state index contributed by atoms with van der Waals surface area (Å²) in [6, 6.07) is 10.3. The molecular formula is C13H9F5Si. The van der Waals surface area contributed by atoms with E-state index in [4.69, 9.17) is 0 Å². The summed E-state index contributed by atoms with van der Waals surface area (Å²) in [4.78, 5) is 0. The molecule has 0 aromatic heterocycles. The highest BCUT2D eigenvalue weighted by atomic mass is 28.4. The van der Waals surface area contributed by atoms with Crippen LogP contribution in [0.1, 0.15) is 5.56 Å². The normalized spacial score (nSPS) is 12.5. The van der Waals surface area contributed by atoms with Crippen molar-refractivity contribution in [1.82, 2.24) is 0 Å². The van der Waals surface area contributed by atoms with Crippen LogP contribution in [0.25, 0.3) is 0 Å². The molecule has 0 saturated heterocycles. The van der Waals surface area contributed by atoms with Gasteiger partial charge in [-0.15, -0.1) is 0 Å². The van der Waals surface area contributed by atoms with Gasteiger partial charge in [-0.05, 0) is 12.1 Å². The van der Waals surface area contributed by atoms with Gasteiger partial charge in [0, 0.05) is 10.4 Å². The molecule has 0 aliphatic carbocycles. The van der Waals surface area contributed by atoms with E-state index < -0.39 is 20.5 Å². The van der Waals surface area contributed by atoms with Gasteiger partial charge < -0.3 is 0 Å². The van der Waals surface area contributed by atoms with Crippen molar-refractivity contribution < 1.29 is 21.4 Å². The van der Waals surface area contributed by atoms with Crippen molar-refractivity contribution in [3.8, 4) is 0 Å². The van der Waals surface area contributed by atoms with Gasteiger partial charge in [0.25, 0.3) is 0 Å². The molecule has 0 unspecified atom stereocenters. The van der Waals surface area contributed by atoms with Crippen molar-refractivity contribution in [2.75, 3.05) is 0 Å². The van der Waals surface area contributed by atoms with Gasteiger partial charge in [-0.2, -0.15) is 13.2 Å². The Morgan fingerprint density at radius 3 is 1.63 bits per heavy atom. The molecule has 0 nitrogen and oxygen atoms in total. The fraction of sp³-hybridized carbons (Fsp3) is 0.0769. The molecule has 0 fully saturated rings. The number of hydrogen-bond acceptors (Lipinski definition) is 0. The second-order valence-electron chi connectivity index (χ2n) is 4.02. The largest absolute Gasteiger partial charge is 0.487 e. The maximum Gasteiger partial charge on any atom is 0.487 e. The Labute approximate surface area is 107 Å². The zero-order valence-corrected chi connectivity index (χ0v) is 10.6. The number of halogens is 5. The SMILES string of the molecule is FC(F)(F)c1ccc([Si](F)(F)c2ccccc2)cc1. The van der Waals surface area contributed by atoms with E-state index in [9.17, 15) is 21.4 Å². The van der Waals surface area contributed by atoms with Crippen LogP contribution in [0, 0.1) is 0 Å². The molecule has 0 N–H and O–H groups in total. The molecule has 0 radical (unpaired) electrons. The van der Waals surface area contributed by atoms with Crippen LogP contribution in [0.3, 0.4) is 0 Å². The Morgan fingerprint density at radius 1 is 0.684 bits per heavy atom. The molecule has 0 heterocycles. The first-order chi connectivity index (χ1) is 8.82. The van der Waals surface area contributed by atoms with Crippen LogP contribution < -0.4 is 10.4 Å². The molecular weight excluding hydrogens is 279 g/mol. The van der Waals surface area contributed by atoms with Crippen LogP contribution >= 0.6 is 0 Å². The minimum atomic E-state index is -4.90. The molecule has 0 aliphatic heterocycles. The zero-order chi connectivity index (χ0) is 14.1. The summed E-state index contributed by atoms with van der Waals surface area (Å²) in [6.45, 7) is 0. The van der Waals surface area contributed by atoms with E-state index in [1.165, 1.54) is 24.3 Å². The third kappa shape index (κ3) is 2.84. The molecule has 100 valence electrons. The van der Waals surface area contributed by atoms with Crippen LogP contribution in [0.15, 0.2) is 54.6 Å². The van der Waals surface area contributed by atoms with E-state index in [1.807, 2.05) is 0 Å². The second kappa shape index (κ2) is 4.77. The minimum absolute atomic E-state index is 0.116. The van der Waals surface area contributed by atoms with Crippen molar-refractivity contribution in [3.63, 3.8) is 0 Å². The average Bonchev–Trinajstić information content (AvgIpc) is 2.39. The smallest absolute Gasteiger partial charge is 0.260 e. The lowest BCUT2D eigenvalue weighted by molar-refractivity contribution is -0.137. The van der Waals surface area contributed by atoms with Gasteiger partial charge >= 0.3 is 14.9 Å². The lowest BCUT2D eigenvalue weighted by Crippen LogP contribution is -2.50. The van der Waals surface area contributed by atoms with E-state index in [-0.39, 0.29) is 10.4 Å². The van der Waals surface area contributed by atoms with Crippen LogP contribution in [0.5, 0.6) is 0 Å². The lowest BCUT2D eigenvalue weighted by atomic mass is 10.2. The molecule has 0 atom stereocenters. The summed E-state index contributed by atoms with van der Waals surface area (Å²) in [7, 11) is -4.90. The predicted octanol–water partition coefficient (Wildman–Crippen LogP) is 3.20. The van der Waals surface area contributed by atoms with Crippen LogP contribution in [-0.2, 0) is 6.18 Å². The van der Waals surface area contributed by atoms with Crippen LogP contribution in [0.2, 0.25) is 0 Å². The molecule has 2 rings (SSSR count). The number of hydrogen-bond donors (Lipinski definition) is 0. The first kappa shape index (κ1) is 13.7. The summed E-state index contributed by atoms with van der Waals surface area (Å²) < 4.78 is 65.4. The van der Waals surface area contributed by atoms with Crippen molar-refractivity contribution in [3.05, 3.63) is 60.2 Å².